The van der Waals surface area contributed by atoms with Gasteiger partial charge in [0.15, 0.2) is 5.25 Å². The third-order valence-electron chi connectivity index (χ3n) is 5.22. The van der Waals surface area contributed by atoms with Gasteiger partial charge in [-0.2, -0.15) is 8.42 Å². The van der Waals surface area contributed by atoms with Gasteiger partial charge in [0.25, 0.3) is 10.1 Å². The molecule has 1 unspecified atom stereocenters. The monoisotopic (exact) mass is 476 g/mol. The molecule has 0 heterocycles. The van der Waals surface area contributed by atoms with E-state index in [1.54, 1.807) is 0 Å². The molecule has 182 valence electrons. The van der Waals surface area contributed by atoms with Crippen LogP contribution >= 0.6 is 0 Å². The Hall–Kier alpha value is -0.384. The second-order valence-corrected chi connectivity index (χ2v) is 9.67. The van der Waals surface area contributed by atoms with E-state index in [1.165, 1.54) is 77.0 Å². The average molecular weight is 477 g/mol. The van der Waals surface area contributed by atoms with Crippen LogP contribution in [0.4, 0.5) is 0 Å². The number of ether oxygens (including phenoxy) is 1. The van der Waals surface area contributed by atoms with E-state index in [1.807, 2.05) is 0 Å². The topological polar surface area (TPSA) is 118 Å². The van der Waals surface area contributed by atoms with Gasteiger partial charge in [-0.25, -0.2) is 0 Å². The van der Waals surface area contributed by atoms with E-state index in [9.17, 15) is 18.0 Å². The fourth-order valence-corrected chi connectivity index (χ4v) is 4.05. The molecule has 0 spiro atoms. The van der Waals surface area contributed by atoms with Crippen LogP contribution in [0.25, 0.3) is 0 Å². The zero-order chi connectivity index (χ0) is 22.7. The molecule has 0 aromatic heterocycles. The van der Waals surface area contributed by atoms with Crippen molar-refractivity contribution in [3.63, 3.8) is 0 Å². The van der Waals surface area contributed by atoms with Crippen LogP contribution in [0.1, 0.15) is 119 Å². The summed E-state index contributed by atoms with van der Waals surface area (Å²) in [5.41, 5.74) is 0. The molecule has 0 aliphatic carbocycles. The van der Waals surface area contributed by atoms with Crippen LogP contribution in [0.5, 0.6) is 0 Å². The molecule has 0 aliphatic heterocycles. The maximum Gasteiger partial charge on any atom is 2.00 e. The minimum atomic E-state index is -4.79. The largest absolute Gasteiger partial charge is 2.00 e. The standard InChI is InChI=1S/C22H42O7S.Mg.2H/c1-2-3-4-5-6-7-8-9-10-11-12-13-14-15-16-17-18-29-22(25)20(19-21(23)24)30(26,27)28;;;/h20H,2-19H2,1H3,(H,23,24)(H,26,27,28);;;/q;+2;2*-1. The first-order valence-electron chi connectivity index (χ1n) is 11.6. The van der Waals surface area contributed by atoms with E-state index >= 15 is 0 Å². The Morgan fingerprint density at radius 3 is 1.45 bits per heavy atom. The predicted molar refractivity (Wildman–Crippen MR) is 126 cm³/mol. The number of carboxylic acids is 1. The van der Waals surface area contributed by atoms with Gasteiger partial charge in [0.05, 0.1) is 13.0 Å². The SMILES string of the molecule is CCCCCCCCCCCCCCCCCCOC(=O)C(CC(=O)O)S(=O)(=O)O.[H-].[H-].[Mg+2]. The van der Waals surface area contributed by atoms with Gasteiger partial charge in [0.2, 0.25) is 0 Å². The van der Waals surface area contributed by atoms with Crippen LogP contribution in [0, 0.1) is 0 Å². The van der Waals surface area contributed by atoms with Crippen LogP contribution in [0.3, 0.4) is 0 Å². The minimum absolute atomic E-state index is 0. The first-order chi connectivity index (χ1) is 14.3. The summed E-state index contributed by atoms with van der Waals surface area (Å²) in [5.74, 6) is -2.70. The van der Waals surface area contributed by atoms with Crippen molar-refractivity contribution < 1.29 is 35.3 Å². The number of carbonyl (C=O) groups excluding carboxylic acids is 1. The second-order valence-electron chi connectivity index (χ2n) is 8.07. The molecule has 2 N–H and O–H groups in total. The molecule has 9 heteroatoms. The number of unbranched alkanes of at least 4 members (excludes halogenated alkanes) is 15. The van der Waals surface area contributed by atoms with Gasteiger partial charge in [0.1, 0.15) is 0 Å². The Labute approximate surface area is 208 Å². The van der Waals surface area contributed by atoms with Gasteiger partial charge in [-0.1, -0.05) is 103 Å². The van der Waals surface area contributed by atoms with E-state index in [-0.39, 0.29) is 32.5 Å². The summed E-state index contributed by atoms with van der Waals surface area (Å²) >= 11 is 0. The quantitative estimate of drug-likeness (QED) is 0.0989. The van der Waals surface area contributed by atoms with E-state index in [0.717, 1.165) is 19.3 Å². The van der Waals surface area contributed by atoms with Gasteiger partial charge in [-0.3, -0.25) is 14.1 Å². The first-order valence-corrected chi connectivity index (χ1v) is 13.1. The average Bonchev–Trinajstić information content (AvgIpc) is 2.67. The van der Waals surface area contributed by atoms with Crippen LogP contribution in [0.2, 0.25) is 0 Å². The number of hydrogen-bond donors (Lipinski definition) is 2. The summed E-state index contributed by atoms with van der Waals surface area (Å²) < 4.78 is 35.9. The molecule has 0 bridgehead atoms. The van der Waals surface area contributed by atoms with Crippen LogP contribution in [-0.4, -0.2) is 64.9 Å². The van der Waals surface area contributed by atoms with E-state index in [0.29, 0.717) is 6.42 Å². The van der Waals surface area contributed by atoms with Gasteiger partial charge in [-0.15, -0.1) is 0 Å². The molecule has 0 amide bonds. The van der Waals surface area contributed by atoms with E-state index in [2.05, 4.69) is 6.92 Å². The molecule has 1 atom stereocenters. The van der Waals surface area contributed by atoms with Gasteiger partial charge in [-0.05, 0) is 6.42 Å². The van der Waals surface area contributed by atoms with Crippen molar-refractivity contribution in [2.75, 3.05) is 6.61 Å². The first kappa shape index (κ1) is 32.8. The summed E-state index contributed by atoms with van der Waals surface area (Å²) in [4.78, 5) is 22.3. The number of rotatable bonds is 21. The summed E-state index contributed by atoms with van der Waals surface area (Å²) in [7, 11) is -4.79. The van der Waals surface area contributed by atoms with E-state index in [4.69, 9.17) is 14.4 Å². The normalized spacial score (nSPS) is 12.2. The molecule has 0 fully saturated rings. The molecule has 0 aromatic carbocycles. The molecular weight excluding hydrogens is 433 g/mol. The van der Waals surface area contributed by atoms with Crippen molar-refractivity contribution in [3.05, 3.63) is 0 Å². The third-order valence-corrected chi connectivity index (χ3v) is 6.30. The van der Waals surface area contributed by atoms with Crippen molar-refractivity contribution in [2.45, 2.75) is 121 Å². The van der Waals surface area contributed by atoms with Crippen molar-refractivity contribution in [1.82, 2.24) is 0 Å². The van der Waals surface area contributed by atoms with Crippen molar-refractivity contribution in [1.29, 1.82) is 0 Å². The number of carbonyl (C=O) groups is 2. The summed E-state index contributed by atoms with van der Waals surface area (Å²) in [5, 5.41) is 6.57. The Balaban J connectivity index is -0.00000140. The number of carboxylic acid groups (broad SMARTS) is 1. The smallest absolute Gasteiger partial charge is 1.00 e. The molecule has 0 rings (SSSR count). The zero-order valence-electron chi connectivity index (χ0n) is 21.4. The molecule has 0 aromatic rings. The van der Waals surface area contributed by atoms with Crippen molar-refractivity contribution >= 4 is 45.1 Å². The summed E-state index contributed by atoms with van der Waals surface area (Å²) in [6.07, 6.45) is 18.5. The maximum atomic E-state index is 11.7. The Bertz CT molecular complexity index is 563. The Morgan fingerprint density at radius 1 is 0.774 bits per heavy atom. The number of hydrogen-bond acceptors (Lipinski definition) is 5. The number of esters is 1. The van der Waals surface area contributed by atoms with Crippen molar-refractivity contribution in [2.24, 2.45) is 0 Å². The third kappa shape index (κ3) is 21.2. The van der Waals surface area contributed by atoms with Gasteiger partial charge >= 0.3 is 35.0 Å². The molecule has 31 heavy (non-hydrogen) atoms. The fourth-order valence-electron chi connectivity index (χ4n) is 3.38. The van der Waals surface area contributed by atoms with E-state index < -0.39 is 33.7 Å². The van der Waals surface area contributed by atoms with Crippen LogP contribution < -0.4 is 0 Å². The zero-order valence-corrected chi connectivity index (χ0v) is 21.6. The van der Waals surface area contributed by atoms with Crippen LogP contribution in [-0.2, 0) is 24.4 Å². The maximum absolute atomic E-state index is 11.7. The fraction of sp³-hybridized carbons (Fsp3) is 0.909. The molecule has 0 aliphatic rings. The molecule has 0 radical (unpaired) electrons. The minimum Gasteiger partial charge on any atom is -1.00 e. The predicted octanol–water partition coefficient (Wildman–Crippen LogP) is 5.37. The molecular formula is C22H44MgO7S. The van der Waals surface area contributed by atoms with Crippen molar-refractivity contribution in [3.8, 4) is 0 Å². The molecule has 0 saturated carbocycles. The van der Waals surface area contributed by atoms with Crippen LogP contribution in [0.15, 0.2) is 0 Å². The summed E-state index contributed by atoms with van der Waals surface area (Å²) in [6.45, 7) is 2.27. The second kappa shape index (κ2) is 21.5. The summed E-state index contributed by atoms with van der Waals surface area (Å²) in [6, 6.07) is 0. The number of aliphatic carboxylic acids is 1. The van der Waals surface area contributed by atoms with Gasteiger partial charge in [0, 0.05) is 0 Å². The Morgan fingerprint density at radius 2 is 1.13 bits per heavy atom. The molecule has 0 saturated heterocycles. The molecule has 7 nitrogen and oxygen atoms in total. The van der Waals surface area contributed by atoms with Gasteiger partial charge < -0.3 is 12.7 Å². The Kier molecular flexibility index (Phi) is 22.7.